The molecule has 0 aliphatic carbocycles. The quantitative estimate of drug-likeness (QED) is 0.263. The molecule has 2 rings (SSSR count). The van der Waals surface area contributed by atoms with Gasteiger partial charge < -0.3 is 4.74 Å². The highest BCUT2D eigenvalue weighted by molar-refractivity contribution is 7.90. The first-order valence-corrected chi connectivity index (χ1v) is 8.80. The fraction of sp³-hybridized carbons (Fsp3) is 0.125. The van der Waals surface area contributed by atoms with E-state index < -0.39 is 31.3 Å². The molecule has 0 bridgehead atoms. The Labute approximate surface area is 143 Å². The van der Waals surface area contributed by atoms with Crippen molar-refractivity contribution in [2.75, 3.05) is 6.26 Å². The Morgan fingerprint density at radius 3 is 2.08 bits per heavy atom. The molecule has 8 nitrogen and oxygen atoms in total. The summed E-state index contributed by atoms with van der Waals surface area (Å²) in [6.07, 6.45) is 0.837. The predicted octanol–water partition coefficient (Wildman–Crippen LogP) is 2.42. The van der Waals surface area contributed by atoms with Crippen LogP contribution in [0.5, 0.6) is 5.75 Å². The van der Waals surface area contributed by atoms with E-state index in [0.717, 1.165) is 24.5 Å². The molecule has 0 saturated carbocycles. The van der Waals surface area contributed by atoms with Crippen molar-refractivity contribution >= 4 is 27.3 Å². The molecule has 0 aromatic heterocycles. The van der Waals surface area contributed by atoms with E-state index in [0.29, 0.717) is 5.56 Å². The summed E-state index contributed by atoms with van der Waals surface area (Å²) in [6.45, 7) is 1.39. The number of hydrogen-bond acceptors (Lipinski definition) is 7. The number of hydrogen-bond donors (Lipinski definition) is 0. The van der Waals surface area contributed by atoms with E-state index >= 15 is 0 Å². The van der Waals surface area contributed by atoms with Crippen molar-refractivity contribution in [2.24, 2.45) is 0 Å². The number of esters is 1. The number of ketones is 1. The number of nitro benzene ring substituents is 1. The van der Waals surface area contributed by atoms with E-state index in [9.17, 15) is 28.1 Å². The number of nitrogens with zero attached hydrogens (tertiary/aromatic N) is 1. The minimum atomic E-state index is -3.82. The highest BCUT2D eigenvalue weighted by atomic mass is 32.2. The monoisotopic (exact) mass is 363 g/mol. The maximum atomic E-state index is 12.1. The van der Waals surface area contributed by atoms with Crippen LogP contribution >= 0.6 is 0 Å². The zero-order valence-corrected chi connectivity index (χ0v) is 14.1. The summed E-state index contributed by atoms with van der Waals surface area (Å²) < 4.78 is 28.2. The van der Waals surface area contributed by atoms with Gasteiger partial charge in [0.15, 0.2) is 15.6 Å². The molecule has 0 spiro atoms. The van der Waals surface area contributed by atoms with Gasteiger partial charge in [-0.25, -0.2) is 13.2 Å². The van der Waals surface area contributed by atoms with Gasteiger partial charge in [-0.3, -0.25) is 14.9 Å². The molecule has 0 unspecified atom stereocenters. The molecular formula is C16H13NO7S. The lowest BCUT2D eigenvalue weighted by Gasteiger charge is -2.06. The van der Waals surface area contributed by atoms with Gasteiger partial charge in [0.2, 0.25) is 0 Å². The second kappa shape index (κ2) is 6.81. The molecule has 25 heavy (non-hydrogen) atoms. The van der Waals surface area contributed by atoms with E-state index in [1.807, 2.05) is 0 Å². The van der Waals surface area contributed by atoms with Crippen LogP contribution in [0.2, 0.25) is 0 Å². The molecule has 0 amide bonds. The van der Waals surface area contributed by atoms with Crippen LogP contribution in [0.15, 0.2) is 47.4 Å². The maximum Gasteiger partial charge on any atom is 0.343 e. The van der Waals surface area contributed by atoms with Gasteiger partial charge in [0.1, 0.15) is 10.6 Å². The Balaban J connectivity index is 2.32. The van der Waals surface area contributed by atoms with Crippen molar-refractivity contribution in [3.8, 4) is 5.75 Å². The van der Waals surface area contributed by atoms with Crippen molar-refractivity contribution in [3.63, 3.8) is 0 Å². The molecule has 0 fully saturated rings. The second-order valence-electron chi connectivity index (χ2n) is 5.18. The van der Waals surface area contributed by atoms with Crippen molar-refractivity contribution in [3.05, 3.63) is 63.7 Å². The Kier molecular flexibility index (Phi) is 4.98. The minimum Gasteiger partial charge on any atom is -0.423 e. The molecule has 0 radical (unpaired) electrons. The van der Waals surface area contributed by atoms with E-state index in [1.165, 1.54) is 31.2 Å². The van der Waals surface area contributed by atoms with Crippen molar-refractivity contribution < 1.29 is 27.7 Å². The fourth-order valence-electron chi connectivity index (χ4n) is 2.02. The highest BCUT2D eigenvalue weighted by Gasteiger charge is 2.24. The van der Waals surface area contributed by atoms with Crippen LogP contribution in [0.4, 0.5) is 5.69 Å². The smallest absolute Gasteiger partial charge is 0.343 e. The first-order valence-electron chi connectivity index (χ1n) is 6.91. The SMILES string of the molecule is CC(=O)c1ccc(OC(=O)c2ccc(S(C)(=O)=O)c([N+](=O)[O-])c2)cc1. The van der Waals surface area contributed by atoms with Gasteiger partial charge in [-0.15, -0.1) is 0 Å². The summed E-state index contributed by atoms with van der Waals surface area (Å²) in [6, 6.07) is 8.74. The molecule has 130 valence electrons. The number of ether oxygens (including phenoxy) is 1. The van der Waals surface area contributed by atoms with Gasteiger partial charge in [0.05, 0.1) is 10.5 Å². The fourth-order valence-corrected chi connectivity index (χ4v) is 2.85. The van der Waals surface area contributed by atoms with Crippen LogP contribution in [0.25, 0.3) is 0 Å². The number of rotatable bonds is 5. The normalized spacial score (nSPS) is 11.0. The van der Waals surface area contributed by atoms with Crippen LogP contribution in [-0.2, 0) is 9.84 Å². The van der Waals surface area contributed by atoms with Gasteiger partial charge >= 0.3 is 5.97 Å². The van der Waals surface area contributed by atoms with E-state index in [4.69, 9.17) is 4.74 Å². The molecule has 0 atom stereocenters. The van der Waals surface area contributed by atoms with Gasteiger partial charge in [-0.05, 0) is 43.3 Å². The van der Waals surface area contributed by atoms with Crippen molar-refractivity contribution in [1.29, 1.82) is 0 Å². The molecule has 9 heteroatoms. The lowest BCUT2D eigenvalue weighted by molar-refractivity contribution is -0.387. The second-order valence-corrected chi connectivity index (χ2v) is 7.17. The Morgan fingerprint density at radius 2 is 1.60 bits per heavy atom. The van der Waals surface area contributed by atoms with Crippen LogP contribution in [0.3, 0.4) is 0 Å². The number of carbonyl (C=O) groups is 2. The first kappa shape index (κ1) is 18.3. The maximum absolute atomic E-state index is 12.1. The largest absolute Gasteiger partial charge is 0.423 e. The zero-order valence-electron chi connectivity index (χ0n) is 13.3. The van der Waals surface area contributed by atoms with Gasteiger partial charge in [0, 0.05) is 17.9 Å². The number of nitro groups is 1. The topological polar surface area (TPSA) is 121 Å². The molecule has 2 aromatic rings. The Bertz CT molecular complexity index is 962. The number of benzene rings is 2. The minimum absolute atomic E-state index is 0.143. The summed E-state index contributed by atoms with van der Waals surface area (Å²) in [5.41, 5.74) is -0.438. The Hall–Kier alpha value is -3.07. The van der Waals surface area contributed by atoms with Crippen LogP contribution in [0.1, 0.15) is 27.6 Å². The molecule has 0 aliphatic heterocycles. The molecule has 0 heterocycles. The summed E-state index contributed by atoms with van der Waals surface area (Å²) in [7, 11) is -3.82. The van der Waals surface area contributed by atoms with Gasteiger partial charge in [0.25, 0.3) is 5.69 Å². The average molecular weight is 363 g/mol. The van der Waals surface area contributed by atoms with E-state index in [-0.39, 0.29) is 17.1 Å². The molecule has 0 aliphatic rings. The summed E-state index contributed by atoms with van der Waals surface area (Å²) in [5, 5.41) is 11.1. The van der Waals surface area contributed by atoms with Crippen LogP contribution in [0, 0.1) is 10.1 Å². The van der Waals surface area contributed by atoms with Crippen molar-refractivity contribution in [1.82, 2.24) is 0 Å². The molecular weight excluding hydrogens is 350 g/mol. The van der Waals surface area contributed by atoms with E-state index in [2.05, 4.69) is 0 Å². The standard InChI is InChI=1S/C16H13NO7S/c1-10(18)11-3-6-13(7-4-11)24-16(19)12-5-8-15(25(2,22)23)14(9-12)17(20)21/h3-9H,1-2H3. The summed E-state index contributed by atoms with van der Waals surface area (Å²) >= 11 is 0. The number of Topliss-reactive ketones (excluding diaryl/α,β-unsaturated/α-hetero) is 1. The van der Waals surface area contributed by atoms with E-state index in [1.54, 1.807) is 0 Å². The third-order valence-electron chi connectivity index (χ3n) is 3.26. The van der Waals surface area contributed by atoms with Crippen LogP contribution in [-0.4, -0.2) is 31.3 Å². The molecule has 2 aromatic carbocycles. The van der Waals surface area contributed by atoms with Crippen LogP contribution < -0.4 is 4.74 Å². The number of carbonyl (C=O) groups excluding carboxylic acids is 2. The van der Waals surface area contributed by atoms with Gasteiger partial charge in [-0.2, -0.15) is 0 Å². The zero-order chi connectivity index (χ0) is 18.8. The lowest BCUT2D eigenvalue weighted by atomic mass is 10.1. The predicted molar refractivity (Wildman–Crippen MR) is 87.6 cm³/mol. The van der Waals surface area contributed by atoms with Crippen molar-refractivity contribution in [2.45, 2.75) is 11.8 Å². The van der Waals surface area contributed by atoms with Gasteiger partial charge in [-0.1, -0.05) is 0 Å². The summed E-state index contributed by atoms with van der Waals surface area (Å²) in [5.74, 6) is -0.895. The Morgan fingerprint density at radius 1 is 1.04 bits per heavy atom. The molecule has 0 N–H and O–H groups in total. The number of sulfone groups is 1. The average Bonchev–Trinajstić information content (AvgIpc) is 2.53. The first-order chi connectivity index (χ1) is 11.6. The highest BCUT2D eigenvalue weighted by Crippen LogP contribution is 2.25. The third kappa shape index (κ3) is 4.27. The third-order valence-corrected chi connectivity index (χ3v) is 4.41. The molecule has 0 saturated heterocycles. The lowest BCUT2D eigenvalue weighted by Crippen LogP contribution is -2.11. The summed E-state index contributed by atoms with van der Waals surface area (Å²) in [4.78, 5) is 33.0.